The molecule has 2 fully saturated rings. The summed E-state index contributed by atoms with van der Waals surface area (Å²) in [6.07, 6.45) is 2.79. The Balaban J connectivity index is 1.37. The van der Waals surface area contributed by atoms with Gasteiger partial charge in [0.25, 0.3) is 0 Å². The summed E-state index contributed by atoms with van der Waals surface area (Å²) in [5.74, 6) is 0.966. The minimum Gasteiger partial charge on any atom is -0.378 e. The van der Waals surface area contributed by atoms with Crippen LogP contribution in [0.1, 0.15) is 24.8 Å². The SMILES string of the molecule is CN(Cc1ccccc1)CC1CCN(C(=O)CC2COCCN2)CC1. The van der Waals surface area contributed by atoms with Crippen LogP contribution in [0, 0.1) is 5.92 Å². The van der Waals surface area contributed by atoms with Gasteiger partial charge in [-0.25, -0.2) is 0 Å². The number of hydrogen-bond acceptors (Lipinski definition) is 4. The van der Waals surface area contributed by atoms with E-state index in [2.05, 4.69) is 47.6 Å². The lowest BCUT2D eigenvalue weighted by atomic mass is 9.95. The lowest BCUT2D eigenvalue weighted by Gasteiger charge is -2.35. The first kappa shape index (κ1) is 18.4. The second kappa shape index (κ2) is 9.32. The van der Waals surface area contributed by atoms with E-state index in [-0.39, 0.29) is 11.9 Å². The minimum atomic E-state index is 0.191. The van der Waals surface area contributed by atoms with E-state index in [0.717, 1.165) is 52.2 Å². The monoisotopic (exact) mass is 345 g/mol. The molecule has 1 unspecified atom stereocenters. The topological polar surface area (TPSA) is 44.8 Å². The van der Waals surface area contributed by atoms with Crippen LogP contribution in [0.5, 0.6) is 0 Å². The maximum atomic E-state index is 12.5. The van der Waals surface area contributed by atoms with Crippen molar-refractivity contribution in [2.75, 3.05) is 46.4 Å². The molecule has 5 heteroatoms. The Morgan fingerprint density at radius 1 is 1.28 bits per heavy atom. The third kappa shape index (κ3) is 5.80. The number of likely N-dealkylation sites (tertiary alicyclic amines) is 1. The lowest BCUT2D eigenvalue weighted by molar-refractivity contribution is -0.133. The first-order chi connectivity index (χ1) is 12.2. The third-order valence-electron chi connectivity index (χ3n) is 5.25. The Kier molecular flexibility index (Phi) is 6.84. The molecule has 0 aromatic heterocycles. The fraction of sp³-hybridized carbons (Fsp3) is 0.650. The van der Waals surface area contributed by atoms with Crippen molar-refractivity contribution in [2.24, 2.45) is 5.92 Å². The summed E-state index contributed by atoms with van der Waals surface area (Å²) < 4.78 is 5.44. The Labute approximate surface area is 151 Å². The number of carbonyl (C=O) groups is 1. The highest BCUT2D eigenvalue weighted by molar-refractivity contribution is 5.77. The normalized spacial score (nSPS) is 22.3. The van der Waals surface area contributed by atoms with E-state index in [0.29, 0.717) is 18.9 Å². The first-order valence-electron chi connectivity index (χ1n) is 9.52. The summed E-state index contributed by atoms with van der Waals surface area (Å²) in [4.78, 5) is 16.9. The summed E-state index contributed by atoms with van der Waals surface area (Å²) in [5, 5.41) is 3.37. The van der Waals surface area contributed by atoms with Gasteiger partial charge >= 0.3 is 0 Å². The van der Waals surface area contributed by atoms with E-state index in [1.165, 1.54) is 5.56 Å². The van der Waals surface area contributed by atoms with Crippen molar-refractivity contribution in [3.05, 3.63) is 35.9 Å². The van der Waals surface area contributed by atoms with Gasteiger partial charge < -0.3 is 19.9 Å². The number of piperidine rings is 1. The second-order valence-electron chi connectivity index (χ2n) is 7.44. The molecule has 0 saturated carbocycles. The van der Waals surface area contributed by atoms with Gasteiger partial charge in [-0.05, 0) is 31.4 Å². The zero-order chi connectivity index (χ0) is 17.5. The summed E-state index contributed by atoms with van der Waals surface area (Å²) in [7, 11) is 2.19. The molecule has 2 aliphatic heterocycles. The highest BCUT2D eigenvalue weighted by Gasteiger charge is 2.26. The van der Waals surface area contributed by atoms with Gasteiger partial charge in [0, 0.05) is 45.2 Å². The molecule has 1 aromatic carbocycles. The number of nitrogens with zero attached hydrogens (tertiary/aromatic N) is 2. The predicted octanol–water partition coefficient (Wildman–Crippen LogP) is 1.74. The molecule has 2 heterocycles. The van der Waals surface area contributed by atoms with E-state index >= 15 is 0 Å². The lowest BCUT2D eigenvalue weighted by Crippen LogP contribution is -2.47. The molecule has 0 radical (unpaired) electrons. The van der Waals surface area contributed by atoms with Gasteiger partial charge in [0.2, 0.25) is 5.91 Å². The molecule has 0 spiro atoms. The quantitative estimate of drug-likeness (QED) is 0.853. The van der Waals surface area contributed by atoms with Crippen LogP contribution in [-0.2, 0) is 16.1 Å². The van der Waals surface area contributed by atoms with Crippen LogP contribution in [0.4, 0.5) is 0 Å². The fourth-order valence-corrected chi connectivity index (χ4v) is 3.86. The van der Waals surface area contributed by atoms with Crippen LogP contribution in [0.3, 0.4) is 0 Å². The molecule has 2 saturated heterocycles. The average molecular weight is 345 g/mol. The Morgan fingerprint density at radius 3 is 2.72 bits per heavy atom. The van der Waals surface area contributed by atoms with Crippen molar-refractivity contribution in [2.45, 2.75) is 31.8 Å². The number of amides is 1. The first-order valence-corrected chi connectivity index (χ1v) is 9.52. The van der Waals surface area contributed by atoms with Crippen molar-refractivity contribution in [3.63, 3.8) is 0 Å². The summed E-state index contributed by atoms with van der Waals surface area (Å²) >= 11 is 0. The van der Waals surface area contributed by atoms with Gasteiger partial charge in [-0.1, -0.05) is 30.3 Å². The fourth-order valence-electron chi connectivity index (χ4n) is 3.86. The third-order valence-corrected chi connectivity index (χ3v) is 5.25. The largest absolute Gasteiger partial charge is 0.378 e. The minimum absolute atomic E-state index is 0.191. The van der Waals surface area contributed by atoms with E-state index in [1.807, 2.05) is 4.90 Å². The molecule has 1 atom stereocenters. The van der Waals surface area contributed by atoms with Crippen LogP contribution in [0.25, 0.3) is 0 Å². The molecular weight excluding hydrogens is 314 g/mol. The van der Waals surface area contributed by atoms with E-state index < -0.39 is 0 Å². The Morgan fingerprint density at radius 2 is 2.04 bits per heavy atom. The van der Waals surface area contributed by atoms with Crippen LogP contribution in [-0.4, -0.2) is 68.2 Å². The van der Waals surface area contributed by atoms with Gasteiger partial charge in [0.15, 0.2) is 0 Å². The van der Waals surface area contributed by atoms with Crippen LogP contribution >= 0.6 is 0 Å². The molecule has 3 rings (SSSR count). The summed E-state index contributed by atoms with van der Waals surface area (Å²) in [5.41, 5.74) is 1.36. The smallest absolute Gasteiger partial charge is 0.224 e. The number of rotatable bonds is 6. The number of carbonyl (C=O) groups excluding carboxylic acids is 1. The van der Waals surface area contributed by atoms with E-state index in [4.69, 9.17) is 4.74 Å². The molecule has 5 nitrogen and oxygen atoms in total. The van der Waals surface area contributed by atoms with E-state index in [1.54, 1.807) is 0 Å². The number of hydrogen-bond donors (Lipinski definition) is 1. The molecule has 25 heavy (non-hydrogen) atoms. The highest BCUT2D eigenvalue weighted by atomic mass is 16.5. The van der Waals surface area contributed by atoms with Gasteiger partial charge in [0.05, 0.1) is 13.2 Å². The second-order valence-corrected chi connectivity index (χ2v) is 7.44. The zero-order valence-electron chi connectivity index (χ0n) is 15.3. The molecule has 0 bridgehead atoms. The molecule has 1 amide bonds. The molecule has 1 N–H and O–H groups in total. The van der Waals surface area contributed by atoms with Crippen LogP contribution in [0.2, 0.25) is 0 Å². The number of benzene rings is 1. The zero-order valence-corrected chi connectivity index (χ0v) is 15.3. The Bertz CT molecular complexity index is 523. The van der Waals surface area contributed by atoms with Crippen molar-refractivity contribution in [3.8, 4) is 0 Å². The number of nitrogens with one attached hydrogen (secondary N) is 1. The summed E-state index contributed by atoms with van der Waals surface area (Å²) in [6, 6.07) is 10.8. The molecule has 2 aliphatic rings. The van der Waals surface area contributed by atoms with Crippen molar-refractivity contribution in [1.29, 1.82) is 0 Å². The van der Waals surface area contributed by atoms with Gasteiger partial charge in [0.1, 0.15) is 0 Å². The van der Waals surface area contributed by atoms with Crippen molar-refractivity contribution < 1.29 is 9.53 Å². The van der Waals surface area contributed by atoms with Crippen LogP contribution < -0.4 is 5.32 Å². The molecular formula is C20H31N3O2. The highest BCUT2D eigenvalue weighted by Crippen LogP contribution is 2.20. The van der Waals surface area contributed by atoms with E-state index in [9.17, 15) is 4.79 Å². The maximum absolute atomic E-state index is 12.5. The van der Waals surface area contributed by atoms with Gasteiger partial charge in [-0.2, -0.15) is 0 Å². The number of ether oxygens (including phenoxy) is 1. The average Bonchev–Trinajstić information content (AvgIpc) is 2.64. The predicted molar refractivity (Wildman–Crippen MR) is 99.3 cm³/mol. The van der Waals surface area contributed by atoms with Crippen molar-refractivity contribution in [1.82, 2.24) is 15.1 Å². The number of morpholine rings is 1. The van der Waals surface area contributed by atoms with Crippen molar-refractivity contribution >= 4 is 5.91 Å². The molecule has 1 aromatic rings. The van der Waals surface area contributed by atoms with Gasteiger partial charge in [-0.3, -0.25) is 4.79 Å². The van der Waals surface area contributed by atoms with Gasteiger partial charge in [-0.15, -0.1) is 0 Å². The standard InChI is InChI=1S/C20H31N3O2/c1-22(14-17-5-3-2-4-6-17)15-18-7-10-23(11-8-18)20(24)13-19-16-25-12-9-21-19/h2-6,18-19,21H,7-16H2,1H3. The maximum Gasteiger partial charge on any atom is 0.224 e. The molecule has 0 aliphatic carbocycles. The molecule has 138 valence electrons. The van der Waals surface area contributed by atoms with Crippen LogP contribution in [0.15, 0.2) is 30.3 Å². The Hall–Kier alpha value is -1.43. The summed E-state index contributed by atoms with van der Waals surface area (Å²) in [6.45, 7) is 6.17.